The van der Waals surface area contributed by atoms with Crippen molar-refractivity contribution in [1.29, 1.82) is 0 Å². The van der Waals surface area contributed by atoms with Gasteiger partial charge in [-0.3, -0.25) is 4.79 Å². The Labute approximate surface area is 123 Å². The molecule has 1 aromatic carbocycles. The molecular formula is C14H23ClO2Si2. The predicted octanol–water partition coefficient (Wildman–Crippen LogP) is 3.87. The summed E-state index contributed by atoms with van der Waals surface area (Å²) in [5.41, 5.74) is 0.153. The first-order chi connectivity index (χ1) is 8.63. The molecule has 0 heterocycles. The second kappa shape index (κ2) is 6.24. The number of hydrogen-bond acceptors (Lipinski definition) is 2. The Morgan fingerprint density at radius 3 is 2.21 bits per heavy atom. The van der Waals surface area contributed by atoms with Crippen LogP contribution in [0.5, 0.6) is 0 Å². The molecule has 1 aromatic rings. The molecule has 0 saturated carbocycles. The Hall–Kier alpha value is -0.586. The van der Waals surface area contributed by atoms with E-state index < -0.39 is 15.7 Å². The molecule has 5 heteroatoms. The third kappa shape index (κ3) is 5.12. The van der Waals surface area contributed by atoms with E-state index in [9.17, 15) is 4.79 Å². The summed E-state index contributed by atoms with van der Waals surface area (Å²) in [7, 11) is -3.94. The van der Waals surface area contributed by atoms with Crippen molar-refractivity contribution in [3.63, 3.8) is 0 Å². The first-order valence-electron chi connectivity index (χ1n) is 6.59. The standard InChI is InChI=1S/C14H23ClO2Si2/c1-12(11-14(16)17-18(2,3)4)19(5,15)13-9-7-6-8-10-13/h6-10,12H,11H2,1-5H3. The van der Waals surface area contributed by atoms with Crippen molar-refractivity contribution in [1.82, 2.24) is 0 Å². The molecule has 0 saturated heterocycles. The van der Waals surface area contributed by atoms with Crippen molar-refractivity contribution in [2.45, 2.75) is 45.1 Å². The highest BCUT2D eigenvalue weighted by Gasteiger charge is 2.36. The maximum atomic E-state index is 11.9. The SMILES string of the molecule is CC(CC(=O)O[Si](C)(C)C)[Si](C)(Cl)c1ccccc1. The Kier molecular flexibility index (Phi) is 5.41. The van der Waals surface area contributed by atoms with Gasteiger partial charge in [-0.1, -0.05) is 43.8 Å². The Morgan fingerprint density at radius 1 is 1.21 bits per heavy atom. The van der Waals surface area contributed by atoms with Crippen LogP contribution in [0.3, 0.4) is 0 Å². The molecule has 2 atom stereocenters. The van der Waals surface area contributed by atoms with Gasteiger partial charge in [-0.25, -0.2) is 0 Å². The fraction of sp³-hybridized carbons (Fsp3) is 0.500. The number of carbonyl (C=O) groups is 1. The van der Waals surface area contributed by atoms with Crippen molar-refractivity contribution in [3.8, 4) is 0 Å². The summed E-state index contributed by atoms with van der Waals surface area (Å²) in [4.78, 5) is 11.9. The predicted molar refractivity (Wildman–Crippen MR) is 87.0 cm³/mol. The second-order valence-electron chi connectivity index (χ2n) is 6.13. The summed E-state index contributed by atoms with van der Waals surface area (Å²) in [6.07, 6.45) is 0.408. The number of benzene rings is 1. The molecule has 19 heavy (non-hydrogen) atoms. The molecule has 0 aromatic heterocycles. The highest BCUT2D eigenvalue weighted by molar-refractivity contribution is 7.27. The van der Waals surface area contributed by atoms with Crippen molar-refractivity contribution < 1.29 is 9.22 Å². The van der Waals surface area contributed by atoms with E-state index in [4.69, 9.17) is 15.5 Å². The van der Waals surface area contributed by atoms with E-state index in [0.29, 0.717) is 6.42 Å². The van der Waals surface area contributed by atoms with Gasteiger partial charge in [0, 0.05) is 6.42 Å². The molecule has 0 fully saturated rings. The zero-order valence-corrected chi connectivity index (χ0v) is 15.1. The summed E-state index contributed by atoms with van der Waals surface area (Å²) in [5.74, 6) is -0.109. The van der Waals surface area contributed by atoms with E-state index in [2.05, 4.69) is 25.6 Å². The van der Waals surface area contributed by atoms with Crippen molar-refractivity contribution in [3.05, 3.63) is 30.3 Å². The van der Waals surface area contributed by atoms with Gasteiger partial charge < -0.3 is 4.43 Å². The molecule has 0 aliphatic heterocycles. The molecule has 2 nitrogen and oxygen atoms in total. The lowest BCUT2D eigenvalue weighted by Gasteiger charge is -2.28. The maximum absolute atomic E-state index is 11.9. The first kappa shape index (κ1) is 16.5. The summed E-state index contributed by atoms with van der Waals surface area (Å²) in [5, 5.41) is 1.17. The molecular weight excluding hydrogens is 292 g/mol. The van der Waals surface area contributed by atoms with E-state index in [1.54, 1.807) is 0 Å². The van der Waals surface area contributed by atoms with Crippen LogP contribution in [0.4, 0.5) is 0 Å². The fourth-order valence-electron chi connectivity index (χ4n) is 1.87. The fourth-order valence-corrected chi connectivity index (χ4v) is 5.21. The van der Waals surface area contributed by atoms with Crippen LogP contribution in [0.1, 0.15) is 13.3 Å². The van der Waals surface area contributed by atoms with E-state index in [0.717, 1.165) is 0 Å². The lowest BCUT2D eigenvalue weighted by Crippen LogP contribution is -2.44. The van der Waals surface area contributed by atoms with Crippen molar-refractivity contribution in [2.24, 2.45) is 0 Å². The van der Waals surface area contributed by atoms with Crippen LogP contribution in [-0.4, -0.2) is 21.7 Å². The minimum atomic E-state index is -2.13. The Morgan fingerprint density at radius 2 is 1.74 bits per heavy atom. The third-order valence-corrected chi connectivity index (χ3v) is 9.29. The van der Waals surface area contributed by atoms with Gasteiger partial charge in [-0.2, -0.15) is 11.1 Å². The summed E-state index contributed by atoms with van der Waals surface area (Å²) in [6, 6.07) is 10.1. The quantitative estimate of drug-likeness (QED) is 0.609. The zero-order chi connectivity index (χ0) is 14.7. The first-order valence-corrected chi connectivity index (χ1v) is 13.6. The Bertz CT molecular complexity index is 427. The average Bonchev–Trinajstić information content (AvgIpc) is 2.27. The topological polar surface area (TPSA) is 26.3 Å². The van der Waals surface area contributed by atoms with Gasteiger partial charge in [-0.15, -0.1) is 0 Å². The molecule has 106 valence electrons. The number of rotatable bonds is 5. The molecule has 0 N–H and O–H groups in total. The van der Waals surface area contributed by atoms with Gasteiger partial charge in [0.1, 0.15) is 0 Å². The summed E-state index contributed by atoms with van der Waals surface area (Å²) >= 11 is 6.77. The maximum Gasteiger partial charge on any atom is 0.292 e. The van der Waals surface area contributed by atoms with Gasteiger partial charge in [-0.05, 0) is 30.4 Å². The lowest BCUT2D eigenvalue weighted by molar-refractivity contribution is -0.135. The van der Waals surface area contributed by atoms with E-state index in [1.807, 2.05) is 37.8 Å². The average molecular weight is 315 g/mol. The largest absolute Gasteiger partial charge is 0.520 e. The van der Waals surface area contributed by atoms with Gasteiger partial charge in [0.2, 0.25) is 8.32 Å². The monoisotopic (exact) mass is 314 g/mol. The summed E-state index contributed by atoms with van der Waals surface area (Å²) in [6.45, 7) is 10.2. The van der Waals surface area contributed by atoms with Gasteiger partial charge in [0.25, 0.3) is 5.97 Å². The molecule has 0 amide bonds. The molecule has 0 aliphatic rings. The minimum absolute atomic E-state index is 0.109. The van der Waals surface area contributed by atoms with Crippen LogP contribution in [0.15, 0.2) is 30.3 Å². The smallest absolute Gasteiger partial charge is 0.292 e. The van der Waals surface area contributed by atoms with Crippen LogP contribution in [0, 0.1) is 0 Å². The van der Waals surface area contributed by atoms with Crippen LogP contribution >= 0.6 is 11.1 Å². The highest BCUT2D eigenvalue weighted by atomic mass is 35.6. The van der Waals surface area contributed by atoms with Crippen molar-refractivity contribution in [2.75, 3.05) is 0 Å². The number of hydrogen-bond donors (Lipinski definition) is 0. The molecule has 2 unspecified atom stereocenters. The zero-order valence-electron chi connectivity index (χ0n) is 12.4. The molecule has 0 radical (unpaired) electrons. The lowest BCUT2D eigenvalue weighted by atomic mass is 10.3. The van der Waals surface area contributed by atoms with Gasteiger partial charge in [0.15, 0.2) is 7.38 Å². The van der Waals surface area contributed by atoms with Gasteiger partial charge in [0.05, 0.1) is 0 Å². The number of carbonyl (C=O) groups excluding carboxylic acids is 1. The highest BCUT2D eigenvalue weighted by Crippen LogP contribution is 2.29. The van der Waals surface area contributed by atoms with E-state index >= 15 is 0 Å². The molecule has 0 bridgehead atoms. The van der Waals surface area contributed by atoms with Crippen LogP contribution < -0.4 is 5.19 Å². The molecule has 0 aliphatic carbocycles. The van der Waals surface area contributed by atoms with E-state index in [-0.39, 0.29) is 11.5 Å². The van der Waals surface area contributed by atoms with Crippen LogP contribution in [0.25, 0.3) is 0 Å². The van der Waals surface area contributed by atoms with Crippen LogP contribution in [-0.2, 0) is 9.22 Å². The van der Waals surface area contributed by atoms with Crippen LogP contribution in [0.2, 0.25) is 31.7 Å². The second-order valence-corrected chi connectivity index (χ2v) is 16.6. The minimum Gasteiger partial charge on any atom is -0.520 e. The van der Waals surface area contributed by atoms with Gasteiger partial charge >= 0.3 is 0 Å². The number of halogens is 1. The molecule has 0 spiro atoms. The third-order valence-electron chi connectivity index (χ3n) is 3.16. The van der Waals surface area contributed by atoms with E-state index in [1.165, 1.54) is 5.19 Å². The molecule has 1 rings (SSSR count). The summed E-state index contributed by atoms with van der Waals surface area (Å²) < 4.78 is 5.50. The normalized spacial score (nSPS) is 16.5. The van der Waals surface area contributed by atoms with Crippen molar-refractivity contribution >= 4 is 37.9 Å². The Balaban J connectivity index is 2.72.